The molecule has 94 valence electrons. The van der Waals surface area contributed by atoms with Crippen LogP contribution in [0.2, 0.25) is 0 Å². The molecule has 2 aliphatic heterocycles. The Balaban J connectivity index is 1.61. The molecule has 0 aromatic rings. The highest BCUT2D eigenvalue weighted by Crippen LogP contribution is 2.17. The van der Waals surface area contributed by atoms with Gasteiger partial charge in [-0.15, -0.1) is 0 Å². The SMILES string of the molecule is CC1CN(CCCC2CCCO2)CC(C)N1. The second-order valence-corrected chi connectivity index (χ2v) is 5.51. The highest BCUT2D eigenvalue weighted by molar-refractivity contribution is 4.81. The molecule has 0 aromatic heterocycles. The summed E-state index contributed by atoms with van der Waals surface area (Å²) >= 11 is 0. The average molecular weight is 226 g/mol. The highest BCUT2D eigenvalue weighted by atomic mass is 16.5. The average Bonchev–Trinajstić information content (AvgIpc) is 2.69. The summed E-state index contributed by atoms with van der Waals surface area (Å²) in [5.41, 5.74) is 0. The van der Waals surface area contributed by atoms with Crippen LogP contribution in [0, 0.1) is 0 Å². The topological polar surface area (TPSA) is 24.5 Å². The Morgan fingerprint density at radius 2 is 2.00 bits per heavy atom. The molecule has 2 heterocycles. The van der Waals surface area contributed by atoms with Crippen LogP contribution in [0.25, 0.3) is 0 Å². The molecule has 0 bridgehead atoms. The summed E-state index contributed by atoms with van der Waals surface area (Å²) in [6.07, 6.45) is 5.68. The maximum Gasteiger partial charge on any atom is 0.0576 e. The molecule has 1 N–H and O–H groups in total. The summed E-state index contributed by atoms with van der Waals surface area (Å²) in [7, 11) is 0. The van der Waals surface area contributed by atoms with Crippen LogP contribution in [0.3, 0.4) is 0 Å². The molecule has 0 spiro atoms. The Morgan fingerprint density at radius 1 is 1.25 bits per heavy atom. The third-order valence-electron chi connectivity index (χ3n) is 3.66. The van der Waals surface area contributed by atoms with E-state index >= 15 is 0 Å². The molecule has 0 aromatic carbocycles. The van der Waals surface area contributed by atoms with Crippen molar-refractivity contribution >= 4 is 0 Å². The van der Waals surface area contributed by atoms with E-state index in [0.29, 0.717) is 18.2 Å². The summed E-state index contributed by atoms with van der Waals surface area (Å²) < 4.78 is 5.65. The predicted molar refractivity (Wildman–Crippen MR) is 66.7 cm³/mol. The Morgan fingerprint density at radius 3 is 2.62 bits per heavy atom. The van der Waals surface area contributed by atoms with Gasteiger partial charge in [0.05, 0.1) is 6.10 Å². The van der Waals surface area contributed by atoms with Gasteiger partial charge in [0, 0.05) is 31.8 Å². The van der Waals surface area contributed by atoms with Gasteiger partial charge in [-0.1, -0.05) is 0 Å². The lowest BCUT2D eigenvalue weighted by molar-refractivity contribution is 0.0952. The van der Waals surface area contributed by atoms with Gasteiger partial charge < -0.3 is 15.0 Å². The molecule has 3 unspecified atom stereocenters. The number of nitrogens with one attached hydrogen (secondary N) is 1. The Labute approximate surface area is 99.5 Å². The van der Waals surface area contributed by atoms with Crippen molar-refractivity contribution in [2.75, 3.05) is 26.2 Å². The summed E-state index contributed by atoms with van der Waals surface area (Å²) in [5, 5.41) is 3.57. The van der Waals surface area contributed by atoms with Gasteiger partial charge in [0.25, 0.3) is 0 Å². The molecule has 0 aliphatic carbocycles. The van der Waals surface area contributed by atoms with Crippen LogP contribution in [-0.2, 0) is 4.74 Å². The normalized spacial score (nSPS) is 36.8. The van der Waals surface area contributed by atoms with Crippen molar-refractivity contribution in [1.29, 1.82) is 0 Å². The molecular weight excluding hydrogens is 200 g/mol. The number of nitrogens with zero attached hydrogens (tertiary/aromatic N) is 1. The van der Waals surface area contributed by atoms with Crippen LogP contribution in [-0.4, -0.2) is 49.3 Å². The van der Waals surface area contributed by atoms with Gasteiger partial charge in [-0.3, -0.25) is 0 Å². The first-order chi connectivity index (χ1) is 7.74. The Kier molecular flexibility index (Phi) is 4.62. The zero-order valence-electron chi connectivity index (χ0n) is 10.7. The number of hydrogen-bond donors (Lipinski definition) is 1. The molecular formula is C13H26N2O. The van der Waals surface area contributed by atoms with E-state index in [-0.39, 0.29) is 0 Å². The molecule has 2 rings (SSSR count). The van der Waals surface area contributed by atoms with Crippen LogP contribution < -0.4 is 5.32 Å². The lowest BCUT2D eigenvalue weighted by Gasteiger charge is -2.36. The molecule has 2 fully saturated rings. The zero-order valence-corrected chi connectivity index (χ0v) is 10.7. The second-order valence-electron chi connectivity index (χ2n) is 5.51. The van der Waals surface area contributed by atoms with Gasteiger partial charge in [-0.25, -0.2) is 0 Å². The van der Waals surface area contributed by atoms with Crippen LogP contribution in [0.15, 0.2) is 0 Å². The van der Waals surface area contributed by atoms with Crippen molar-refractivity contribution in [1.82, 2.24) is 10.2 Å². The number of hydrogen-bond acceptors (Lipinski definition) is 3. The van der Waals surface area contributed by atoms with E-state index in [4.69, 9.17) is 4.74 Å². The minimum absolute atomic E-state index is 0.567. The van der Waals surface area contributed by atoms with E-state index in [1.807, 2.05) is 0 Å². The number of ether oxygens (including phenoxy) is 1. The van der Waals surface area contributed by atoms with Gasteiger partial charge in [0.2, 0.25) is 0 Å². The maximum absolute atomic E-state index is 5.65. The largest absolute Gasteiger partial charge is 0.378 e. The van der Waals surface area contributed by atoms with Crippen molar-refractivity contribution < 1.29 is 4.74 Å². The van der Waals surface area contributed by atoms with Crippen LogP contribution in [0.5, 0.6) is 0 Å². The molecule has 0 amide bonds. The van der Waals surface area contributed by atoms with E-state index in [2.05, 4.69) is 24.1 Å². The second kappa shape index (κ2) is 5.99. The van der Waals surface area contributed by atoms with Gasteiger partial charge in [-0.05, 0) is 46.1 Å². The van der Waals surface area contributed by atoms with Crippen molar-refractivity contribution in [2.24, 2.45) is 0 Å². The van der Waals surface area contributed by atoms with E-state index in [1.165, 1.54) is 45.3 Å². The number of piperazine rings is 1. The molecule has 2 saturated heterocycles. The molecule has 0 radical (unpaired) electrons. The van der Waals surface area contributed by atoms with Crippen LogP contribution >= 0.6 is 0 Å². The van der Waals surface area contributed by atoms with E-state index < -0.39 is 0 Å². The van der Waals surface area contributed by atoms with Crippen molar-refractivity contribution in [3.8, 4) is 0 Å². The fourth-order valence-corrected chi connectivity index (χ4v) is 3.04. The fourth-order valence-electron chi connectivity index (χ4n) is 3.04. The van der Waals surface area contributed by atoms with Crippen molar-refractivity contribution in [3.63, 3.8) is 0 Å². The first-order valence-electron chi connectivity index (χ1n) is 6.84. The summed E-state index contributed by atoms with van der Waals surface area (Å²) in [4.78, 5) is 2.60. The quantitative estimate of drug-likeness (QED) is 0.788. The van der Waals surface area contributed by atoms with E-state index in [0.717, 1.165) is 6.61 Å². The molecule has 3 nitrogen and oxygen atoms in total. The van der Waals surface area contributed by atoms with Crippen LogP contribution in [0.4, 0.5) is 0 Å². The predicted octanol–water partition coefficient (Wildman–Crippen LogP) is 1.63. The first kappa shape index (κ1) is 12.3. The van der Waals surface area contributed by atoms with E-state index in [9.17, 15) is 0 Å². The van der Waals surface area contributed by atoms with E-state index in [1.54, 1.807) is 0 Å². The molecule has 3 atom stereocenters. The van der Waals surface area contributed by atoms with Crippen molar-refractivity contribution in [2.45, 2.75) is 57.7 Å². The fraction of sp³-hybridized carbons (Fsp3) is 1.00. The molecule has 3 heteroatoms. The standard InChI is InChI=1S/C13H26N2O/c1-11-9-15(10-12(2)14-11)7-3-5-13-6-4-8-16-13/h11-14H,3-10H2,1-2H3. The van der Waals surface area contributed by atoms with Crippen molar-refractivity contribution in [3.05, 3.63) is 0 Å². The van der Waals surface area contributed by atoms with Gasteiger partial charge in [0.15, 0.2) is 0 Å². The lowest BCUT2D eigenvalue weighted by Crippen LogP contribution is -2.54. The van der Waals surface area contributed by atoms with Gasteiger partial charge >= 0.3 is 0 Å². The number of rotatable bonds is 4. The van der Waals surface area contributed by atoms with Gasteiger partial charge in [0.1, 0.15) is 0 Å². The Hall–Kier alpha value is -0.120. The molecule has 0 saturated carbocycles. The molecule has 16 heavy (non-hydrogen) atoms. The summed E-state index contributed by atoms with van der Waals surface area (Å²) in [5.74, 6) is 0. The lowest BCUT2D eigenvalue weighted by atomic mass is 10.1. The molecule has 2 aliphatic rings. The monoisotopic (exact) mass is 226 g/mol. The minimum atomic E-state index is 0.567. The van der Waals surface area contributed by atoms with Gasteiger partial charge in [-0.2, -0.15) is 0 Å². The smallest absolute Gasteiger partial charge is 0.0576 e. The summed E-state index contributed by atoms with van der Waals surface area (Å²) in [6.45, 7) is 9.21. The third-order valence-corrected chi connectivity index (χ3v) is 3.66. The minimum Gasteiger partial charge on any atom is -0.378 e. The van der Waals surface area contributed by atoms with Crippen LogP contribution in [0.1, 0.15) is 39.5 Å². The highest BCUT2D eigenvalue weighted by Gasteiger charge is 2.21. The first-order valence-corrected chi connectivity index (χ1v) is 6.84. The Bertz CT molecular complexity index is 194. The summed E-state index contributed by atoms with van der Waals surface area (Å²) in [6, 6.07) is 1.29. The zero-order chi connectivity index (χ0) is 11.4. The third kappa shape index (κ3) is 3.72. The maximum atomic E-state index is 5.65.